The van der Waals surface area contributed by atoms with Crippen LogP contribution in [0.15, 0.2) is 16.9 Å². The molecular weight excluding hydrogens is 232 g/mol. The minimum Gasteiger partial charge on any atom is -0.382 e. The molecular formula is C8H9BrN4. The Hall–Kier alpha value is -1.10. The van der Waals surface area contributed by atoms with Crippen molar-refractivity contribution in [1.82, 2.24) is 14.6 Å². The van der Waals surface area contributed by atoms with E-state index in [1.54, 1.807) is 0 Å². The highest BCUT2D eigenvalue weighted by molar-refractivity contribution is 9.10. The van der Waals surface area contributed by atoms with Crippen LogP contribution in [0, 0.1) is 0 Å². The fraction of sp³-hybridized carbons (Fsp3) is 0.250. The zero-order chi connectivity index (χ0) is 9.42. The summed E-state index contributed by atoms with van der Waals surface area (Å²) in [7, 11) is 0. The van der Waals surface area contributed by atoms with Crippen molar-refractivity contribution >= 4 is 27.3 Å². The predicted octanol–water partition coefficient (Wildman–Crippen LogP) is 1.64. The summed E-state index contributed by atoms with van der Waals surface area (Å²) in [4.78, 5) is 3.93. The fourth-order valence-corrected chi connectivity index (χ4v) is 1.97. The Kier molecular flexibility index (Phi) is 1.95. The van der Waals surface area contributed by atoms with Gasteiger partial charge in [0.2, 0.25) is 0 Å². The second-order valence-corrected chi connectivity index (χ2v) is 3.60. The van der Waals surface area contributed by atoms with E-state index in [-0.39, 0.29) is 0 Å². The van der Waals surface area contributed by atoms with Gasteiger partial charge in [-0.2, -0.15) is 5.10 Å². The molecule has 2 aromatic rings. The number of fused-ring (bicyclic) bond motifs is 1. The van der Waals surface area contributed by atoms with Crippen LogP contribution in [0.5, 0.6) is 0 Å². The summed E-state index contributed by atoms with van der Waals surface area (Å²) < 4.78 is 2.76. The Balaban J connectivity index is 2.87. The molecule has 2 heterocycles. The second kappa shape index (κ2) is 2.99. The van der Waals surface area contributed by atoms with Crippen LogP contribution < -0.4 is 5.73 Å². The molecule has 68 valence electrons. The van der Waals surface area contributed by atoms with Gasteiger partial charge in [-0.3, -0.25) is 0 Å². The molecule has 0 saturated carbocycles. The minimum absolute atomic E-state index is 0.501. The van der Waals surface area contributed by atoms with Crippen LogP contribution in [-0.4, -0.2) is 14.6 Å². The number of nitrogens with zero attached hydrogens (tertiary/aromatic N) is 3. The Labute approximate surface area is 83.9 Å². The molecule has 0 unspecified atom stereocenters. The van der Waals surface area contributed by atoms with Gasteiger partial charge in [0, 0.05) is 10.2 Å². The van der Waals surface area contributed by atoms with Gasteiger partial charge in [-0.25, -0.2) is 9.50 Å². The van der Waals surface area contributed by atoms with Gasteiger partial charge >= 0.3 is 0 Å². The molecule has 0 amide bonds. The van der Waals surface area contributed by atoms with Crippen LogP contribution >= 0.6 is 15.9 Å². The van der Waals surface area contributed by atoms with Gasteiger partial charge < -0.3 is 5.73 Å². The molecule has 0 saturated heterocycles. The van der Waals surface area contributed by atoms with Crippen molar-refractivity contribution < 1.29 is 0 Å². The molecule has 0 aliphatic rings. The maximum Gasteiger partial charge on any atom is 0.152 e. The Bertz CT molecular complexity index is 449. The van der Waals surface area contributed by atoms with Gasteiger partial charge in [0.05, 0.1) is 0 Å². The summed E-state index contributed by atoms with van der Waals surface area (Å²) in [6.07, 6.45) is 2.39. The van der Waals surface area contributed by atoms with Crippen LogP contribution in [0.2, 0.25) is 0 Å². The lowest BCUT2D eigenvalue weighted by Gasteiger charge is -1.99. The SMILES string of the molecule is CCc1cc(Br)c2c(N)ncnn12. The first-order valence-corrected chi connectivity index (χ1v) is 4.80. The molecule has 0 radical (unpaired) electrons. The number of aryl methyl sites for hydroxylation is 1. The summed E-state index contributed by atoms with van der Waals surface area (Å²) in [5, 5.41) is 4.13. The van der Waals surface area contributed by atoms with Crippen LogP contribution in [0.25, 0.3) is 5.52 Å². The third-order valence-electron chi connectivity index (χ3n) is 1.97. The van der Waals surface area contributed by atoms with E-state index in [2.05, 4.69) is 32.9 Å². The first kappa shape index (κ1) is 8.50. The van der Waals surface area contributed by atoms with Crippen LogP contribution in [0.3, 0.4) is 0 Å². The van der Waals surface area contributed by atoms with Crippen molar-refractivity contribution in [1.29, 1.82) is 0 Å². The number of aromatic nitrogens is 3. The van der Waals surface area contributed by atoms with Crippen LogP contribution in [0.1, 0.15) is 12.6 Å². The highest BCUT2D eigenvalue weighted by Crippen LogP contribution is 2.24. The van der Waals surface area contributed by atoms with E-state index < -0.39 is 0 Å². The van der Waals surface area contributed by atoms with Crippen molar-refractivity contribution in [2.75, 3.05) is 5.73 Å². The van der Waals surface area contributed by atoms with E-state index in [9.17, 15) is 0 Å². The Morgan fingerprint density at radius 2 is 2.38 bits per heavy atom. The van der Waals surface area contributed by atoms with E-state index in [4.69, 9.17) is 5.73 Å². The quantitative estimate of drug-likeness (QED) is 0.825. The zero-order valence-corrected chi connectivity index (χ0v) is 8.74. The minimum atomic E-state index is 0.501. The highest BCUT2D eigenvalue weighted by Gasteiger charge is 2.09. The number of anilines is 1. The molecule has 4 nitrogen and oxygen atoms in total. The predicted molar refractivity (Wildman–Crippen MR) is 54.5 cm³/mol. The number of halogens is 1. The van der Waals surface area contributed by atoms with E-state index in [1.165, 1.54) is 6.33 Å². The van der Waals surface area contributed by atoms with Gasteiger partial charge in [0.25, 0.3) is 0 Å². The molecule has 0 fully saturated rings. The van der Waals surface area contributed by atoms with E-state index in [0.29, 0.717) is 5.82 Å². The fourth-order valence-electron chi connectivity index (χ4n) is 1.34. The summed E-state index contributed by atoms with van der Waals surface area (Å²) in [6.45, 7) is 2.08. The molecule has 0 atom stereocenters. The summed E-state index contributed by atoms with van der Waals surface area (Å²) in [6, 6.07) is 2.01. The first-order chi connectivity index (χ1) is 6.24. The standard InChI is InChI=1S/C8H9BrN4/c1-2-5-3-6(9)7-8(10)11-4-12-13(5)7/h3-4H,2H2,1H3,(H2,10,11,12). The third-order valence-corrected chi connectivity index (χ3v) is 2.58. The Morgan fingerprint density at radius 3 is 3.08 bits per heavy atom. The Morgan fingerprint density at radius 1 is 1.62 bits per heavy atom. The summed E-state index contributed by atoms with van der Waals surface area (Å²) in [5.74, 6) is 0.501. The molecule has 2 rings (SSSR count). The molecule has 2 aromatic heterocycles. The summed E-state index contributed by atoms with van der Waals surface area (Å²) >= 11 is 3.43. The molecule has 13 heavy (non-hydrogen) atoms. The molecule has 0 aliphatic heterocycles. The monoisotopic (exact) mass is 240 g/mol. The van der Waals surface area contributed by atoms with Crippen molar-refractivity contribution in [3.63, 3.8) is 0 Å². The van der Waals surface area contributed by atoms with Gasteiger partial charge in [0.15, 0.2) is 5.82 Å². The van der Waals surface area contributed by atoms with Gasteiger partial charge in [0.1, 0.15) is 11.8 Å². The summed E-state index contributed by atoms with van der Waals surface area (Å²) in [5.41, 5.74) is 7.69. The van der Waals surface area contributed by atoms with Crippen molar-refractivity contribution in [3.8, 4) is 0 Å². The first-order valence-electron chi connectivity index (χ1n) is 4.00. The molecule has 0 aromatic carbocycles. The molecule has 0 spiro atoms. The van der Waals surface area contributed by atoms with Crippen molar-refractivity contribution in [2.45, 2.75) is 13.3 Å². The maximum absolute atomic E-state index is 5.72. The van der Waals surface area contributed by atoms with Crippen LogP contribution in [-0.2, 0) is 6.42 Å². The van der Waals surface area contributed by atoms with Gasteiger partial charge in [-0.15, -0.1) is 0 Å². The normalized spacial score (nSPS) is 10.9. The second-order valence-electron chi connectivity index (χ2n) is 2.74. The molecule has 0 bridgehead atoms. The van der Waals surface area contributed by atoms with Gasteiger partial charge in [-0.1, -0.05) is 6.92 Å². The third kappa shape index (κ3) is 1.19. The van der Waals surface area contributed by atoms with E-state index in [1.807, 2.05) is 10.6 Å². The largest absolute Gasteiger partial charge is 0.382 e. The lowest BCUT2D eigenvalue weighted by Crippen LogP contribution is -2.01. The van der Waals surface area contributed by atoms with E-state index in [0.717, 1.165) is 22.1 Å². The lowest BCUT2D eigenvalue weighted by molar-refractivity contribution is 0.840. The topological polar surface area (TPSA) is 56.2 Å². The maximum atomic E-state index is 5.72. The number of nitrogens with two attached hydrogens (primary N) is 1. The highest BCUT2D eigenvalue weighted by atomic mass is 79.9. The van der Waals surface area contributed by atoms with E-state index >= 15 is 0 Å². The van der Waals surface area contributed by atoms with Crippen molar-refractivity contribution in [2.24, 2.45) is 0 Å². The smallest absolute Gasteiger partial charge is 0.152 e. The van der Waals surface area contributed by atoms with Crippen LogP contribution in [0.4, 0.5) is 5.82 Å². The number of nitrogen functional groups attached to an aromatic ring is 1. The number of hydrogen-bond acceptors (Lipinski definition) is 3. The average Bonchev–Trinajstić information content (AvgIpc) is 2.44. The molecule has 2 N–H and O–H groups in total. The molecule has 0 aliphatic carbocycles. The number of hydrogen-bond donors (Lipinski definition) is 1. The lowest BCUT2D eigenvalue weighted by atomic mass is 10.3. The average molecular weight is 241 g/mol. The van der Waals surface area contributed by atoms with Gasteiger partial charge in [-0.05, 0) is 28.4 Å². The molecule has 5 heteroatoms. The zero-order valence-electron chi connectivity index (χ0n) is 7.16. The van der Waals surface area contributed by atoms with Crippen molar-refractivity contribution in [3.05, 3.63) is 22.6 Å². The number of rotatable bonds is 1.